The minimum atomic E-state index is -3.79. The lowest BCUT2D eigenvalue weighted by atomic mass is 9.94. The number of benzene rings is 3. The monoisotopic (exact) mass is 510 g/mol. The molecular formula is C31H30N2O3S. The molecule has 1 aliphatic carbocycles. The van der Waals surface area contributed by atoms with Gasteiger partial charge in [0.2, 0.25) is 10.0 Å². The van der Waals surface area contributed by atoms with Gasteiger partial charge < -0.3 is 10.1 Å². The highest BCUT2D eigenvalue weighted by Gasteiger charge is 2.29. The highest BCUT2D eigenvalue weighted by atomic mass is 32.2. The Morgan fingerprint density at radius 2 is 1.41 bits per heavy atom. The second-order valence-corrected chi connectivity index (χ2v) is 10.5. The van der Waals surface area contributed by atoms with Crippen molar-refractivity contribution in [3.63, 3.8) is 0 Å². The van der Waals surface area contributed by atoms with E-state index in [0.717, 1.165) is 27.8 Å². The fraction of sp³-hybridized carbons (Fsp3) is 0.226. The van der Waals surface area contributed by atoms with E-state index in [9.17, 15) is 8.42 Å². The molecule has 5 nitrogen and oxygen atoms in total. The molecule has 6 heteroatoms. The zero-order valence-electron chi connectivity index (χ0n) is 21.0. The lowest BCUT2D eigenvalue weighted by Gasteiger charge is -2.30. The first-order valence-corrected chi connectivity index (χ1v) is 13.6. The molecule has 1 aliphatic rings. The lowest BCUT2D eigenvalue weighted by molar-refractivity contribution is 0.156. The standard InChI is InChI=1S/C31H30N2O3S/c1-24-13-17-26(18-14-24)23-36-22-21-32-30(27-9-5-3-6-10-27)31(28-11-7-4-8-12-28)33-37(34,35)29-19-15-25(2)16-20-29/h3-12,15-16,19-20,30-33H,21-23H2,1-2H3. The van der Waals surface area contributed by atoms with Crippen molar-refractivity contribution in [2.24, 2.45) is 0 Å². The summed E-state index contributed by atoms with van der Waals surface area (Å²) in [5, 5.41) is 3.53. The zero-order valence-corrected chi connectivity index (χ0v) is 21.8. The molecule has 0 aromatic heterocycles. The molecule has 188 valence electrons. The third-order valence-corrected chi connectivity index (χ3v) is 7.38. The largest absolute Gasteiger partial charge is 0.374 e. The van der Waals surface area contributed by atoms with Gasteiger partial charge in [-0.05, 0) is 37.1 Å². The average molecular weight is 511 g/mol. The molecule has 0 heterocycles. The van der Waals surface area contributed by atoms with Crippen LogP contribution in [0.2, 0.25) is 0 Å². The maximum Gasteiger partial charge on any atom is 0.241 e. The van der Waals surface area contributed by atoms with Gasteiger partial charge in [0, 0.05) is 12.1 Å². The second-order valence-electron chi connectivity index (χ2n) is 8.82. The number of sulfonamides is 1. The van der Waals surface area contributed by atoms with Gasteiger partial charge in [-0.3, -0.25) is 0 Å². The van der Waals surface area contributed by atoms with E-state index < -0.39 is 16.1 Å². The molecule has 0 saturated heterocycles. The van der Waals surface area contributed by atoms with Gasteiger partial charge in [-0.25, -0.2) is 13.1 Å². The summed E-state index contributed by atoms with van der Waals surface area (Å²) in [5.74, 6) is 5.99. The lowest BCUT2D eigenvalue weighted by Crippen LogP contribution is -2.39. The number of nitrogens with one attached hydrogen (secondary N) is 2. The minimum Gasteiger partial charge on any atom is -0.374 e. The van der Waals surface area contributed by atoms with Crippen molar-refractivity contribution in [2.75, 3.05) is 19.8 Å². The van der Waals surface area contributed by atoms with Crippen molar-refractivity contribution in [1.29, 1.82) is 0 Å². The topological polar surface area (TPSA) is 67.4 Å². The molecule has 0 saturated carbocycles. The van der Waals surface area contributed by atoms with Crippen molar-refractivity contribution in [3.8, 4) is 11.8 Å². The maximum absolute atomic E-state index is 13.4. The van der Waals surface area contributed by atoms with E-state index in [1.165, 1.54) is 0 Å². The van der Waals surface area contributed by atoms with Gasteiger partial charge in [0.25, 0.3) is 0 Å². The van der Waals surface area contributed by atoms with Crippen LogP contribution in [0.3, 0.4) is 0 Å². The Balaban J connectivity index is 1.56. The molecule has 37 heavy (non-hydrogen) atoms. The first kappa shape index (κ1) is 26.4. The number of allylic oxidation sites excluding steroid dienone is 1. The third kappa shape index (κ3) is 7.43. The molecule has 2 unspecified atom stereocenters. The van der Waals surface area contributed by atoms with E-state index in [1.54, 1.807) is 24.3 Å². The van der Waals surface area contributed by atoms with Gasteiger partial charge in [0.1, 0.15) is 0 Å². The van der Waals surface area contributed by atoms with Gasteiger partial charge in [-0.2, -0.15) is 0 Å². The van der Waals surface area contributed by atoms with Crippen molar-refractivity contribution < 1.29 is 13.2 Å². The predicted octanol–water partition coefficient (Wildman–Crippen LogP) is 5.01. The van der Waals surface area contributed by atoms with Gasteiger partial charge in [0.05, 0.1) is 35.8 Å². The Labute approximate surface area is 219 Å². The van der Waals surface area contributed by atoms with E-state index in [2.05, 4.69) is 33.3 Å². The molecule has 2 atom stereocenters. The summed E-state index contributed by atoms with van der Waals surface area (Å²) in [4.78, 5) is 0.230. The van der Waals surface area contributed by atoms with Crippen molar-refractivity contribution >= 4 is 10.0 Å². The Bertz CT molecular complexity index is 1470. The summed E-state index contributed by atoms with van der Waals surface area (Å²) in [6, 6.07) is 25.4. The van der Waals surface area contributed by atoms with E-state index in [0.29, 0.717) is 19.8 Å². The first-order chi connectivity index (χ1) is 17.9. The van der Waals surface area contributed by atoms with Crippen LogP contribution < -0.4 is 10.0 Å². The van der Waals surface area contributed by atoms with Crippen LogP contribution in [0, 0.1) is 18.8 Å². The molecule has 0 spiro atoms. The average Bonchev–Trinajstić information content (AvgIpc) is 2.92. The first-order valence-electron chi connectivity index (χ1n) is 12.2. The van der Waals surface area contributed by atoms with Crippen molar-refractivity contribution in [2.45, 2.75) is 30.8 Å². The van der Waals surface area contributed by atoms with E-state index in [1.807, 2.05) is 74.5 Å². The summed E-state index contributed by atoms with van der Waals surface area (Å²) in [7, 11) is -3.79. The number of aryl methyl sites for hydroxylation is 1. The van der Waals surface area contributed by atoms with Crippen LogP contribution in [0.15, 0.2) is 112 Å². The van der Waals surface area contributed by atoms with Crippen molar-refractivity contribution in [3.05, 3.63) is 124 Å². The second kappa shape index (κ2) is 12.5. The van der Waals surface area contributed by atoms with E-state index >= 15 is 0 Å². The molecule has 0 aliphatic heterocycles. The van der Waals surface area contributed by atoms with Crippen LogP contribution >= 0.6 is 0 Å². The summed E-state index contributed by atoms with van der Waals surface area (Å²) >= 11 is 0. The molecule has 3 aromatic carbocycles. The normalized spacial score (nSPS) is 14.2. The van der Waals surface area contributed by atoms with E-state index in [-0.39, 0.29) is 10.9 Å². The summed E-state index contributed by atoms with van der Waals surface area (Å²) in [6.45, 7) is 5.10. The van der Waals surface area contributed by atoms with Crippen LogP contribution in [0.1, 0.15) is 35.7 Å². The van der Waals surface area contributed by atoms with Crippen LogP contribution in [0.25, 0.3) is 0 Å². The third-order valence-electron chi connectivity index (χ3n) is 5.92. The summed E-state index contributed by atoms with van der Waals surface area (Å²) < 4.78 is 35.7. The van der Waals surface area contributed by atoms with Gasteiger partial charge in [-0.1, -0.05) is 102 Å². The van der Waals surface area contributed by atoms with Gasteiger partial charge >= 0.3 is 0 Å². The number of hydrogen-bond acceptors (Lipinski definition) is 4. The Morgan fingerprint density at radius 3 is 2.00 bits per heavy atom. The highest BCUT2D eigenvalue weighted by molar-refractivity contribution is 7.89. The SMILES string of the molecule is CC1=C=C=C(COCCNC(c2ccccc2)C(NS(=O)(=O)c2ccc(C)cc2)c2ccccc2)C#C1. The molecule has 2 N–H and O–H groups in total. The molecule has 4 rings (SSSR count). The Hall–Kier alpha value is -3.65. The quantitative estimate of drug-likeness (QED) is 0.204. The fourth-order valence-electron chi connectivity index (χ4n) is 3.96. The highest BCUT2D eigenvalue weighted by Crippen LogP contribution is 2.30. The number of rotatable bonds is 12. The van der Waals surface area contributed by atoms with Crippen LogP contribution in [-0.2, 0) is 14.8 Å². The molecule has 3 aromatic rings. The smallest absolute Gasteiger partial charge is 0.241 e. The van der Waals surface area contributed by atoms with Crippen molar-refractivity contribution in [1.82, 2.24) is 10.0 Å². The molecule has 0 amide bonds. The molecular weight excluding hydrogens is 480 g/mol. The van der Waals surface area contributed by atoms with Crippen LogP contribution in [0.5, 0.6) is 0 Å². The minimum absolute atomic E-state index is 0.230. The van der Waals surface area contributed by atoms with Crippen LogP contribution in [-0.4, -0.2) is 28.2 Å². The Morgan fingerprint density at radius 1 is 0.784 bits per heavy atom. The van der Waals surface area contributed by atoms with Crippen LogP contribution in [0.4, 0.5) is 0 Å². The van der Waals surface area contributed by atoms with Gasteiger partial charge in [-0.15, -0.1) is 0 Å². The maximum atomic E-state index is 13.4. The Kier molecular flexibility index (Phi) is 8.95. The van der Waals surface area contributed by atoms with E-state index in [4.69, 9.17) is 4.74 Å². The number of hydrogen-bond donors (Lipinski definition) is 2. The summed E-state index contributed by atoms with van der Waals surface area (Å²) in [5.41, 5.74) is 10.4. The van der Waals surface area contributed by atoms with Gasteiger partial charge in [0.15, 0.2) is 0 Å². The fourth-order valence-corrected chi connectivity index (χ4v) is 5.20. The molecule has 0 radical (unpaired) electrons. The molecule has 0 bridgehead atoms. The predicted molar refractivity (Wildman–Crippen MR) is 146 cm³/mol. The summed E-state index contributed by atoms with van der Waals surface area (Å²) in [6.07, 6.45) is 0. The molecule has 0 fully saturated rings. The zero-order chi connectivity index (χ0) is 26.1. The number of ether oxygens (including phenoxy) is 1.